The number of benzene rings is 1. The molecule has 0 amide bonds. The van der Waals surface area contributed by atoms with Crippen molar-refractivity contribution in [2.75, 3.05) is 0 Å². The molecular weight excluding hydrogens is 267 g/mol. The molecule has 1 atom stereocenters. The summed E-state index contributed by atoms with van der Waals surface area (Å²) in [5, 5.41) is 0. The van der Waals surface area contributed by atoms with Crippen LogP contribution in [0.1, 0.15) is 63.9 Å². The van der Waals surface area contributed by atoms with E-state index in [4.69, 9.17) is 4.74 Å². The zero-order valence-electron chi connectivity index (χ0n) is 13.0. The van der Waals surface area contributed by atoms with Crippen LogP contribution in [0.3, 0.4) is 0 Å². The van der Waals surface area contributed by atoms with Crippen LogP contribution in [0.2, 0.25) is 0 Å². The predicted molar refractivity (Wildman–Crippen MR) is 83.7 cm³/mol. The zero-order chi connectivity index (χ0) is 15.3. The number of ether oxygens (including phenoxy) is 1. The number of hydrogen-bond acceptors (Lipinski definition) is 2. The topological polar surface area (TPSA) is 26.3 Å². The zero-order valence-corrected chi connectivity index (χ0v) is 13.0. The molecule has 1 unspecified atom stereocenters. The maximum Gasteiger partial charge on any atom is 0.306 e. The Kier molecular flexibility index (Phi) is 9.51. The molecule has 21 heavy (non-hydrogen) atoms. The van der Waals surface area contributed by atoms with Crippen LogP contribution in [0, 0.1) is 0 Å². The van der Waals surface area contributed by atoms with Crippen molar-refractivity contribution in [3.05, 3.63) is 35.9 Å². The number of esters is 1. The summed E-state index contributed by atoms with van der Waals surface area (Å²) in [6.07, 6.45) is 6.73. The molecule has 0 aromatic heterocycles. The molecule has 0 heterocycles. The van der Waals surface area contributed by atoms with Gasteiger partial charge in [-0.1, -0.05) is 62.4 Å². The molecule has 1 aromatic rings. The maximum atomic E-state index is 12.6. The van der Waals surface area contributed by atoms with E-state index in [1.165, 1.54) is 0 Å². The van der Waals surface area contributed by atoms with Gasteiger partial charge in [0.25, 0.3) is 0 Å². The van der Waals surface area contributed by atoms with E-state index in [9.17, 15) is 9.18 Å². The first-order chi connectivity index (χ1) is 10.2. The third kappa shape index (κ3) is 10.1. The highest BCUT2D eigenvalue weighted by Crippen LogP contribution is 2.11. The average molecular weight is 294 g/mol. The lowest BCUT2D eigenvalue weighted by Crippen LogP contribution is -2.04. The summed E-state index contributed by atoms with van der Waals surface area (Å²) in [5.41, 5.74) is 1.02. The van der Waals surface area contributed by atoms with Crippen LogP contribution in [0.15, 0.2) is 30.3 Å². The molecule has 3 heteroatoms. The molecule has 0 spiro atoms. The van der Waals surface area contributed by atoms with Crippen LogP contribution in [-0.4, -0.2) is 12.1 Å². The van der Waals surface area contributed by atoms with Gasteiger partial charge in [0.05, 0.1) is 6.17 Å². The second-order valence-corrected chi connectivity index (χ2v) is 5.59. The number of rotatable bonds is 11. The molecule has 0 aliphatic rings. The number of carbonyl (C=O) groups excluding carboxylic acids is 1. The monoisotopic (exact) mass is 294 g/mol. The molecule has 0 N–H and O–H groups in total. The van der Waals surface area contributed by atoms with Crippen molar-refractivity contribution >= 4 is 5.97 Å². The summed E-state index contributed by atoms with van der Waals surface area (Å²) < 4.78 is 17.8. The first-order valence-corrected chi connectivity index (χ1v) is 8.02. The molecule has 1 rings (SSSR count). The van der Waals surface area contributed by atoms with Gasteiger partial charge in [-0.25, -0.2) is 4.39 Å². The summed E-state index contributed by atoms with van der Waals surface area (Å²) in [4.78, 5) is 11.6. The van der Waals surface area contributed by atoms with E-state index >= 15 is 0 Å². The average Bonchev–Trinajstić information content (AvgIpc) is 2.48. The van der Waals surface area contributed by atoms with Gasteiger partial charge < -0.3 is 4.74 Å². The molecule has 0 saturated heterocycles. The Balaban J connectivity index is 1.92. The van der Waals surface area contributed by atoms with Gasteiger partial charge in [0.15, 0.2) is 0 Å². The van der Waals surface area contributed by atoms with Gasteiger partial charge in [0.1, 0.15) is 6.61 Å². The number of hydrogen-bond donors (Lipinski definition) is 0. The van der Waals surface area contributed by atoms with E-state index in [1.54, 1.807) is 6.92 Å². The Morgan fingerprint density at radius 3 is 2.33 bits per heavy atom. The van der Waals surface area contributed by atoms with E-state index in [0.29, 0.717) is 19.4 Å². The number of alkyl halides is 1. The van der Waals surface area contributed by atoms with Crippen molar-refractivity contribution in [2.24, 2.45) is 0 Å². The fraction of sp³-hybridized carbons (Fsp3) is 0.611. The van der Waals surface area contributed by atoms with Gasteiger partial charge in [0.2, 0.25) is 0 Å². The Morgan fingerprint density at radius 2 is 1.67 bits per heavy atom. The van der Waals surface area contributed by atoms with Crippen LogP contribution >= 0.6 is 0 Å². The second-order valence-electron chi connectivity index (χ2n) is 5.59. The first kappa shape index (κ1) is 17.7. The van der Waals surface area contributed by atoms with E-state index in [-0.39, 0.29) is 5.97 Å². The molecular formula is C18H27FO2. The quantitative estimate of drug-likeness (QED) is 0.414. The Hall–Kier alpha value is -1.38. The summed E-state index contributed by atoms with van der Waals surface area (Å²) in [6.45, 7) is 1.97. The molecule has 1 aromatic carbocycles. The van der Waals surface area contributed by atoms with Gasteiger partial charge in [-0.3, -0.25) is 4.79 Å². The molecule has 2 nitrogen and oxygen atoms in total. The third-order valence-corrected chi connectivity index (χ3v) is 3.48. The van der Waals surface area contributed by atoms with Crippen molar-refractivity contribution in [1.29, 1.82) is 0 Å². The molecule has 0 bridgehead atoms. The van der Waals surface area contributed by atoms with Gasteiger partial charge in [-0.15, -0.1) is 0 Å². The fourth-order valence-electron chi connectivity index (χ4n) is 2.21. The van der Waals surface area contributed by atoms with Crippen LogP contribution in [0.4, 0.5) is 4.39 Å². The first-order valence-electron chi connectivity index (χ1n) is 8.02. The van der Waals surface area contributed by atoms with Crippen LogP contribution in [0.5, 0.6) is 0 Å². The second kappa shape index (κ2) is 11.3. The summed E-state index contributed by atoms with van der Waals surface area (Å²) >= 11 is 0. The Labute approximate surface area is 127 Å². The van der Waals surface area contributed by atoms with Crippen molar-refractivity contribution in [3.63, 3.8) is 0 Å². The van der Waals surface area contributed by atoms with Gasteiger partial charge >= 0.3 is 5.97 Å². The smallest absolute Gasteiger partial charge is 0.306 e. The summed E-state index contributed by atoms with van der Waals surface area (Å²) in [6, 6.07) is 9.72. The molecule has 0 saturated carbocycles. The van der Waals surface area contributed by atoms with Gasteiger partial charge in [-0.05, 0) is 25.3 Å². The minimum atomic E-state index is -0.676. The predicted octanol–water partition coefficient (Wildman–Crippen LogP) is 5.21. The molecule has 118 valence electrons. The molecule has 0 radical (unpaired) electrons. The Bertz CT molecular complexity index is 376. The van der Waals surface area contributed by atoms with Crippen molar-refractivity contribution < 1.29 is 13.9 Å². The lowest BCUT2D eigenvalue weighted by atomic mass is 10.1. The number of carbonyl (C=O) groups is 1. The van der Waals surface area contributed by atoms with Crippen LogP contribution < -0.4 is 0 Å². The largest absolute Gasteiger partial charge is 0.461 e. The van der Waals surface area contributed by atoms with Crippen molar-refractivity contribution in [3.8, 4) is 0 Å². The van der Waals surface area contributed by atoms with E-state index in [2.05, 4.69) is 0 Å². The SMILES string of the molecule is CC(F)CCCCCCCCC(=O)OCc1ccccc1. The lowest BCUT2D eigenvalue weighted by Gasteiger charge is -2.05. The van der Waals surface area contributed by atoms with Crippen LogP contribution in [0.25, 0.3) is 0 Å². The maximum absolute atomic E-state index is 12.6. The minimum Gasteiger partial charge on any atom is -0.461 e. The molecule has 0 aliphatic heterocycles. The van der Waals surface area contributed by atoms with E-state index < -0.39 is 6.17 Å². The normalized spacial score (nSPS) is 12.1. The number of unbranched alkanes of at least 4 members (excludes halogenated alkanes) is 5. The van der Waals surface area contributed by atoms with Gasteiger partial charge in [-0.2, -0.15) is 0 Å². The molecule has 0 fully saturated rings. The van der Waals surface area contributed by atoms with E-state index in [0.717, 1.165) is 44.1 Å². The Morgan fingerprint density at radius 1 is 1.05 bits per heavy atom. The van der Waals surface area contributed by atoms with Crippen molar-refractivity contribution in [1.82, 2.24) is 0 Å². The highest BCUT2D eigenvalue weighted by atomic mass is 19.1. The fourth-order valence-corrected chi connectivity index (χ4v) is 2.21. The van der Waals surface area contributed by atoms with Crippen LogP contribution in [-0.2, 0) is 16.1 Å². The summed E-state index contributed by atoms with van der Waals surface area (Å²) in [5.74, 6) is -0.120. The standard InChI is InChI=1S/C18H27FO2/c1-16(19)11-7-4-2-3-5-10-14-18(20)21-15-17-12-8-6-9-13-17/h6,8-9,12-13,16H,2-5,7,10-11,14-15H2,1H3. The van der Waals surface area contributed by atoms with Gasteiger partial charge in [0, 0.05) is 6.42 Å². The van der Waals surface area contributed by atoms with Crippen molar-refractivity contribution in [2.45, 2.75) is 71.1 Å². The number of halogens is 1. The van der Waals surface area contributed by atoms with E-state index in [1.807, 2.05) is 30.3 Å². The third-order valence-electron chi connectivity index (χ3n) is 3.48. The summed E-state index contributed by atoms with van der Waals surface area (Å²) in [7, 11) is 0. The highest BCUT2D eigenvalue weighted by Gasteiger charge is 2.03. The molecule has 0 aliphatic carbocycles. The lowest BCUT2D eigenvalue weighted by molar-refractivity contribution is -0.145. The highest BCUT2D eigenvalue weighted by molar-refractivity contribution is 5.69. The minimum absolute atomic E-state index is 0.120.